The van der Waals surface area contributed by atoms with Gasteiger partial charge < -0.3 is 10.5 Å². The predicted molar refractivity (Wildman–Crippen MR) is 73.6 cm³/mol. The van der Waals surface area contributed by atoms with E-state index in [-0.39, 0.29) is 23.0 Å². The van der Waals surface area contributed by atoms with E-state index in [9.17, 15) is 4.79 Å². The van der Waals surface area contributed by atoms with Crippen molar-refractivity contribution in [2.75, 3.05) is 12.8 Å². The molecule has 0 radical (unpaired) electrons. The van der Waals surface area contributed by atoms with Crippen LogP contribution >= 0.6 is 28.3 Å². The van der Waals surface area contributed by atoms with Gasteiger partial charge in [-0.05, 0) is 12.1 Å². The molecule has 0 unspecified atom stereocenters. The molecule has 1 aromatic heterocycles. The van der Waals surface area contributed by atoms with E-state index in [1.165, 1.54) is 18.4 Å². The highest BCUT2D eigenvalue weighted by Crippen LogP contribution is 2.23. The van der Waals surface area contributed by atoms with E-state index in [0.717, 1.165) is 11.3 Å². The van der Waals surface area contributed by atoms with Gasteiger partial charge in [-0.1, -0.05) is 12.1 Å². The molecule has 0 aliphatic carbocycles. The number of benzene rings is 1. The lowest BCUT2D eigenvalue weighted by atomic mass is 10.1. The summed E-state index contributed by atoms with van der Waals surface area (Å²) in [4.78, 5) is 15.4. The van der Waals surface area contributed by atoms with Gasteiger partial charge in [-0.3, -0.25) is 0 Å². The van der Waals surface area contributed by atoms with Crippen molar-refractivity contribution in [2.24, 2.45) is 0 Å². The molecule has 0 saturated carbocycles. The molecule has 4 nitrogen and oxygen atoms in total. The van der Waals surface area contributed by atoms with Gasteiger partial charge in [0.1, 0.15) is 0 Å². The van der Waals surface area contributed by atoms with E-state index in [4.69, 9.17) is 5.73 Å². The second-order valence-electron chi connectivity index (χ2n) is 3.14. The fraction of sp³-hybridized carbons (Fsp3) is 0.0909. The molecule has 17 heavy (non-hydrogen) atoms. The van der Waals surface area contributed by atoms with Gasteiger partial charge in [-0.2, -0.15) is 0 Å². The molecule has 0 atom stereocenters. The van der Waals surface area contributed by atoms with Crippen LogP contribution in [-0.2, 0) is 4.74 Å². The third-order valence-electron chi connectivity index (χ3n) is 2.12. The van der Waals surface area contributed by atoms with Crippen LogP contribution in [0.25, 0.3) is 11.3 Å². The van der Waals surface area contributed by atoms with Crippen LogP contribution in [0.15, 0.2) is 29.6 Å². The molecule has 1 heterocycles. The smallest absolute Gasteiger partial charge is 0.337 e. The van der Waals surface area contributed by atoms with Crippen LogP contribution in [0.1, 0.15) is 10.4 Å². The first-order chi connectivity index (χ1) is 7.70. The zero-order valence-electron chi connectivity index (χ0n) is 9.04. The molecule has 0 aliphatic heterocycles. The number of aromatic nitrogens is 1. The molecule has 1 aromatic carbocycles. The molecule has 2 aromatic rings. The summed E-state index contributed by atoms with van der Waals surface area (Å²) in [6, 6.07) is 7.05. The minimum Gasteiger partial charge on any atom is -0.465 e. The Morgan fingerprint density at radius 2 is 2.00 bits per heavy atom. The highest BCUT2D eigenvalue weighted by Gasteiger charge is 2.06. The molecule has 0 bridgehead atoms. The van der Waals surface area contributed by atoms with Gasteiger partial charge in [0, 0.05) is 10.9 Å². The minimum absolute atomic E-state index is 0. The Hall–Kier alpha value is -1.40. The first-order valence-electron chi connectivity index (χ1n) is 4.60. The topological polar surface area (TPSA) is 65.2 Å². The van der Waals surface area contributed by atoms with Gasteiger partial charge in [-0.25, -0.2) is 9.78 Å². The lowest BCUT2D eigenvalue weighted by Gasteiger charge is -2.00. The Morgan fingerprint density at radius 1 is 1.35 bits per heavy atom. The molecule has 0 fully saturated rings. The molecular weight excluding hydrogens is 304 g/mol. The van der Waals surface area contributed by atoms with Crippen molar-refractivity contribution in [2.45, 2.75) is 0 Å². The van der Waals surface area contributed by atoms with Crippen LogP contribution in [0, 0.1) is 0 Å². The second kappa shape index (κ2) is 5.79. The lowest BCUT2D eigenvalue weighted by Crippen LogP contribution is -2.00. The summed E-state index contributed by atoms with van der Waals surface area (Å²) in [5.74, 6) is -0.343. The number of nitrogen functional groups attached to an aromatic ring is 1. The van der Waals surface area contributed by atoms with Crippen LogP contribution in [0.2, 0.25) is 0 Å². The van der Waals surface area contributed by atoms with Crippen molar-refractivity contribution >= 4 is 39.4 Å². The molecule has 0 spiro atoms. The van der Waals surface area contributed by atoms with Crippen molar-refractivity contribution in [3.05, 3.63) is 35.2 Å². The Labute approximate surface area is 113 Å². The average molecular weight is 315 g/mol. The highest BCUT2D eigenvalue weighted by atomic mass is 79.9. The number of rotatable bonds is 2. The van der Waals surface area contributed by atoms with E-state index in [1.54, 1.807) is 12.1 Å². The number of nitrogens with two attached hydrogens (primary N) is 1. The Morgan fingerprint density at radius 3 is 2.47 bits per heavy atom. The summed E-state index contributed by atoms with van der Waals surface area (Å²) < 4.78 is 4.61. The monoisotopic (exact) mass is 314 g/mol. The van der Waals surface area contributed by atoms with E-state index in [2.05, 4.69) is 9.72 Å². The molecular formula is C11H11BrN2O2S. The quantitative estimate of drug-likeness (QED) is 0.866. The SMILES string of the molecule is Br.COC(=O)c1ccc(-c2csc(N)n2)cc1. The maximum Gasteiger partial charge on any atom is 0.337 e. The molecule has 0 aliphatic rings. The van der Waals surface area contributed by atoms with Crippen LogP contribution in [0.3, 0.4) is 0 Å². The molecule has 2 rings (SSSR count). The number of carbonyl (C=O) groups is 1. The van der Waals surface area contributed by atoms with Crippen molar-refractivity contribution in [3.63, 3.8) is 0 Å². The largest absolute Gasteiger partial charge is 0.465 e. The number of nitrogens with zero attached hydrogens (tertiary/aromatic N) is 1. The fourth-order valence-corrected chi connectivity index (χ4v) is 1.89. The number of halogens is 1. The fourth-order valence-electron chi connectivity index (χ4n) is 1.32. The molecule has 0 saturated heterocycles. The van der Waals surface area contributed by atoms with Crippen molar-refractivity contribution in [3.8, 4) is 11.3 Å². The summed E-state index contributed by atoms with van der Waals surface area (Å²) in [6.45, 7) is 0. The second-order valence-corrected chi connectivity index (χ2v) is 4.03. The number of hydrogen-bond acceptors (Lipinski definition) is 5. The van der Waals surface area contributed by atoms with E-state index in [0.29, 0.717) is 10.7 Å². The molecule has 6 heteroatoms. The van der Waals surface area contributed by atoms with Gasteiger partial charge in [0.25, 0.3) is 0 Å². The number of anilines is 1. The van der Waals surface area contributed by atoms with Gasteiger partial charge in [-0.15, -0.1) is 28.3 Å². The number of methoxy groups -OCH3 is 1. The number of carbonyl (C=O) groups excluding carboxylic acids is 1. The Bertz CT molecular complexity index is 510. The summed E-state index contributed by atoms with van der Waals surface area (Å²) in [6.07, 6.45) is 0. The molecule has 90 valence electrons. The van der Waals surface area contributed by atoms with Crippen molar-refractivity contribution < 1.29 is 9.53 Å². The van der Waals surface area contributed by atoms with Gasteiger partial charge >= 0.3 is 5.97 Å². The van der Waals surface area contributed by atoms with Crippen LogP contribution in [-0.4, -0.2) is 18.1 Å². The number of ether oxygens (including phenoxy) is 1. The lowest BCUT2D eigenvalue weighted by molar-refractivity contribution is 0.0601. The molecule has 2 N–H and O–H groups in total. The van der Waals surface area contributed by atoms with Gasteiger partial charge in [0.2, 0.25) is 0 Å². The highest BCUT2D eigenvalue weighted by molar-refractivity contribution is 8.93. The average Bonchev–Trinajstić information content (AvgIpc) is 2.75. The first kappa shape index (κ1) is 13.7. The van der Waals surface area contributed by atoms with Crippen molar-refractivity contribution in [1.82, 2.24) is 4.98 Å². The third kappa shape index (κ3) is 3.04. The minimum atomic E-state index is -0.343. The standard InChI is InChI=1S/C11H10N2O2S.BrH/c1-15-10(14)8-4-2-7(3-5-8)9-6-16-11(12)13-9;/h2-6H,1H3,(H2,12,13);1H. The normalized spacial score (nSPS) is 9.47. The van der Waals surface area contributed by atoms with Crippen LogP contribution < -0.4 is 5.73 Å². The predicted octanol–water partition coefficient (Wildman–Crippen LogP) is 2.76. The van der Waals surface area contributed by atoms with Gasteiger partial charge in [0.15, 0.2) is 5.13 Å². The zero-order valence-corrected chi connectivity index (χ0v) is 11.6. The molecule has 0 amide bonds. The maximum atomic E-state index is 11.2. The number of esters is 1. The maximum absolute atomic E-state index is 11.2. The Kier molecular flexibility index (Phi) is 4.65. The summed E-state index contributed by atoms with van der Waals surface area (Å²) in [7, 11) is 1.36. The van der Waals surface area contributed by atoms with E-state index < -0.39 is 0 Å². The summed E-state index contributed by atoms with van der Waals surface area (Å²) in [5, 5.41) is 2.41. The van der Waals surface area contributed by atoms with Crippen LogP contribution in [0.4, 0.5) is 5.13 Å². The van der Waals surface area contributed by atoms with E-state index in [1.807, 2.05) is 17.5 Å². The zero-order chi connectivity index (χ0) is 11.5. The summed E-state index contributed by atoms with van der Waals surface area (Å²) in [5.41, 5.74) is 7.82. The van der Waals surface area contributed by atoms with Gasteiger partial charge in [0.05, 0.1) is 18.4 Å². The number of hydrogen-bond donors (Lipinski definition) is 1. The first-order valence-corrected chi connectivity index (χ1v) is 5.48. The van der Waals surface area contributed by atoms with Crippen molar-refractivity contribution in [1.29, 1.82) is 0 Å². The third-order valence-corrected chi connectivity index (χ3v) is 2.80. The Balaban J connectivity index is 0.00000144. The van der Waals surface area contributed by atoms with Crippen LogP contribution in [0.5, 0.6) is 0 Å². The van der Waals surface area contributed by atoms with E-state index >= 15 is 0 Å². The number of thiazole rings is 1. The summed E-state index contributed by atoms with van der Waals surface area (Å²) >= 11 is 1.39.